The molecule has 1 aliphatic heterocycles. The predicted molar refractivity (Wildman–Crippen MR) is 138 cm³/mol. The van der Waals surface area contributed by atoms with Gasteiger partial charge in [-0.1, -0.05) is 12.5 Å². The first-order valence-electron chi connectivity index (χ1n) is 13.3. The normalized spacial score (nSPS) is 21.1. The maximum atomic E-state index is 13.6. The van der Waals surface area contributed by atoms with Crippen LogP contribution >= 0.6 is 0 Å². The number of rotatable bonds is 4. The molecule has 1 amide bonds. The molecule has 0 N–H and O–H groups in total. The van der Waals surface area contributed by atoms with Gasteiger partial charge in [0.05, 0.1) is 10.9 Å². The van der Waals surface area contributed by atoms with Crippen LogP contribution in [0.2, 0.25) is 0 Å². The Morgan fingerprint density at radius 3 is 2.27 bits per heavy atom. The molecule has 0 spiro atoms. The lowest BCUT2D eigenvalue weighted by atomic mass is 9.80. The van der Waals surface area contributed by atoms with Gasteiger partial charge in [-0.25, -0.2) is 9.97 Å². The second-order valence-electron chi connectivity index (χ2n) is 11.5. The molecule has 1 saturated heterocycles. The highest BCUT2D eigenvalue weighted by Gasteiger charge is 2.55. The van der Waals surface area contributed by atoms with E-state index < -0.39 is 35.3 Å². The Bertz CT molecular complexity index is 1420. The van der Waals surface area contributed by atoms with Gasteiger partial charge in [0.15, 0.2) is 0 Å². The van der Waals surface area contributed by atoms with Crippen LogP contribution in [-0.4, -0.2) is 56.7 Å². The number of alkyl halides is 6. The van der Waals surface area contributed by atoms with Gasteiger partial charge in [-0.15, -0.1) is 0 Å². The zero-order valence-corrected chi connectivity index (χ0v) is 22.6. The lowest BCUT2D eigenvalue weighted by Crippen LogP contribution is -2.62. The van der Waals surface area contributed by atoms with Crippen LogP contribution in [0.5, 0.6) is 0 Å². The Morgan fingerprint density at radius 1 is 0.975 bits per heavy atom. The molecule has 2 aromatic heterocycles. The number of benzene rings is 1. The Kier molecular flexibility index (Phi) is 6.81. The van der Waals surface area contributed by atoms with Gasteiger partial charge in [-0.2, -0.15) is 26.3 Å². The van der Waals surface area contributed by atoms with E-state index >= 15 is 0 Å². The standard InChI is InChI=1S/C28H31F6N5O/c1-16-13-38(25(40)26(3,4)28(32,33)34)17(2)12-37(16)23-22-21(18-7-5-8-18)14-39(24(22)36-15-35-23)20-10-6-9-19(11-20)27(29,30)31/h6,9-11,14-18H,5,7-8,12-13H2,1-4H3/t16-,17+/m0/s1. The van der Waals surface area contributed by atoms with Crippen molar-refractivity contribution in [3.8, 4) is 5.69 Å². The van der Waals surface area contributed by atoms with E-state index in [1.54, 1.807) is 17.6 Å². The molecule has 2 aliphatic rings. The van der Waals surface area contributed by atoms with Gasteiger partial charge in [-0.3, -0.25) is 4.79 Å². The van der Waals surface area contributed by atoms with E-state index in [1.165, 1.54) is 17.3 Å². The van der Waals surface area contributed by atoms with E-state index in [1.807, 2.05) is 18.0 Å². The molecule has 3 aromatic rings. The minimum absolute atomic E-state index is 0.0676. The summed E-state index contributed by atoms with van der Waals surface area (Å²) in [6.07, 6.45) is -3.11. The molecule has 0 radical (unpaired) electrons. The summed E-state index contributed by atoms with van der Waals surface area (Å²) in [5.41, 5.74) is -1.57. The SMILES string of the molecule is C[C@@H]1CN(c2ncnc3c2c(C2CCC2)cn3-c2cccc(C(F)(F)F)c2)[C@@H](C)CN1C(=O)C(C)(C)C(F)(F)F. The maximum Gasteiger partial charge on any atom is 0.416 e. The van der Waals surface area contributed by atoms with E-state index in [2.05, 4.69) is 9.97 Å². The molecule has 12 heteroatoms. The Labute approximate surface area is 228 Å². The first kappa shape index (κ1) is 28.2. The quantitative estimate of drug-likeness (QED) is 0.329. The third kappa shape index (κ3) is 4.68. The van der Waals surface area contributed by atoms with Gasteiger partial charge in [-0.05, 0) is 70.2 Å². The van der Waals surface area contributed by atoms with Crippen molar-refractivity contribution >= 4 is 22.8 Å². The van der Waals surface area contributed by atoms with Crippen molar-refractivity contribution in [1.29, 1.82) is 0 Å². The highest BCUT2D eigenvalue weighted by atomic mass is 19.4. The molecule has 1 aromatic carbocycles. The van der Waals surface area contributed by atoms with Crippen LogP contribution in [0, 0.1) is 5.41 Å². The van der Waals surface area contributed by atoms with Gasteiger partial charge >= 0.3 is 12.4 Å². The van der Waals surface area contributed by atoms with E-state index in [0.717, 1.165) is 56.2 Å². The van der Waals surface area contributed by atoms with Crippen LogP contribution in [0.1, 0.15) is 64.0 Å². The smallest absolute Gasteiger partial charge is 0.349 e. The largest absolute Gasteiger partial charge is 0.416 e. The highest BCUT2D eigenvalue weighted by molar-refractivity contribution is 5.93. The van der Waals surface area contributed by atoms with Gasteiger partial charge < -0.3 is 14.4 Å². The number of halogens is 6. The van der Waals surface area contributed by atoms with E-state index in [9.17, 15) is 31.1 Å². The predicted octanol–water partition coefficient (Wildman–Crippen LogP) is 6.72. The van der Waals surface area contributed by atoms with Crippen molar-refractivity contribution in [2.75, 3.05) is 18.0 Å². The van der Waals surface area contributed by atoms with Gasteiger partial charge in [0.25, 0.3) is 0 Å². The molecule has 0 bridgehead atoms. The Balaban J connectivity index is 1.56. The maximum absolute atomic E-state index is 13.6. The van der Waals surface area contributed by atoms with Crippen molar-refractivity contribution in [1.82, 2.24) is 19.4 Å². The number of aromatic nitrogens is 3. The van der Waals surface area contributed by atoms with Crippen LogP contribution in [0.15, 0.2) is 36.8 Å². The van der Waals surface area contributed by atoms with E-state index in [4.69, 9.17) is 0 Å². The lowest BCUT2D eigenvalue weighted by molar-refractivity contribution is -0.218. The summed E-state index contributed by atoms with van der Waals surface area (Å²) in [5, 5.41) is 0.721. The van der Waals surface area contributed by atoms with E-state index in [-0.39, 0.29) is 25.0 Å². The second-order valence-corrected chi connectivity index (χ2v) is 11.5. The molecule has 1 aliphatic carbocycles. The number of amides is 1. The number of anilines is 1. The average molecular weight is 568 g/mol. The fourth-order valence-electron chi connectivity index (χ4n) is 5.53. The third-order valence-corrected chi connectivity index (χ3v) is 8.35. The first-order chi connectivity index (χ1) is 18.6. The van der Waals surface area contributed by atoms with Crippen LogP contribution in [0.4, 0.5) is 32.2 Å². The monoisotopic (exact) mass is 567 g/mol. The van der Waals surface area contributed by atoms with Crippen molar-refractivity contribution in [2.45, 2.75) is 77.3 Å². The molecule has 2 fully saturated rings. The lowest BCUT2D eigenvalue weighted by Gasteiger charge is -2.47. The number of carbonyl (C=O) groups is 1. The zero-order valence-electron chi connectivity index (χ0n) is 22.6. The summed E-state index contributed by atoms with van der Waals surface area (Å²) in [7, 11) is 0. The number of carbonyl (C=O) groups excluding carboxylic acids is 1. The molecule has 2 atom stereocenters. The fraction of sp³-hybridized carbons (Fsp3) is 0.536. The Morgan fingerprint density at radius 2 is 1.68 bits per heavy atom. The van der Waals surface area contributed by atoms with Gasteiger partial charge in [0.2, 0.25) is 5.91 Å². The van der Waals surface area contributed by atoms with Gasteiger partial charge in [0.1, 0.15) is 23.2 Å². The van der Waals surface area contributed by atoms with Crippen molar-refractivity contribution in [3.05, 3.63) is 47.9 Å². The summed E-state index contributed by atoms with van der Waals surface area (Å²) in [6.45, 7) is 5.64. The van der Waals surface area contributed by atoms with Crippen LogP contribution < -0.4 is 4.90 Å². The van der Waals surface area contributed by atoms with Crippen molar-refractivity contribution < 1.29 is 31.1 Å². The molecule has 1 saturated carbocycles. The number of nitrogens with zero attached hydrogens (tertiary/aromatic N) is 5. The number of hydrogen-bond acceptors (Lipinski definition) is 4. The summed E-state index contributed by atoms with van der Waals surface area (Å²) in [5.74, 6) is -0.209. The molecule has 216 valence electrons. The van der Waals surface area contributed by atoms with Crippen LogP contribution in [0.25, 0.3) is 16.7 Å². The molecule has 3 heterocycles. The molecule has 0 unspecified atom stereocenters. The molecular formula is C28H31F6N5O. The summed E-state index contributed by atoms with van der Waals surface area (Å²) in [6, 6.07) is 4.16. The molecule has 5 rings (SSSR count). The fourth-order valence-corrected chi connectivity index (χ4v) is 5.53. The van der Waals surface area contributed by atoms with Crippen molar-refractivity contribution in [3.63, 3.8) is 0 Å². The van der Waals surface area contributed by atoms with Crippen molar-refractivity contribution in [2.24, 2.45) is 5.41 Å². The second kappa shape index (κ2) is 9.66. The molecule has 40 heavy (non-hydrogen) atoms. The Hall–Kier alpha value is -3.31. The molecule has 6 nitrogen and oxygen atoms in total. The molecular weight excluding hydrogens is 536 g/mol. The summed E-state index contributed by atoms with van der Waals surface area (Å²) in [4.78, 5) is 25.3. The highest BCUT2D eigenvalue weighted by Crippen LogP contribution is 2.45. The number of piperazine rings is 1. The number of hydrogen-bond donors (Lipinski definition) is 0. The first-order valence-corrected chi connectivity index (χ1v) is 13.3. The zero-order chi connectivity index (χ0) is 29.2. The minimum Gasteiger partial charge on any atom is -0.349 e. The number of fused-ring (bicyclic) bond motifs is 1. The van der Waals surface area contributed by atoms with Gasteiger partial charge in [0, 0.05) is 37.1 Å². The average Bonchev–Trinajstić information content (AvgIpc) is 3.22. The summed E-state index contributed by atoms with van der Waals surface area (Å²) < 4.78 is 83.0. The topological polar surface area (TPSA) is 54.3 Å². The van der Waals surface area contributed by atoms with Crippen LogP contribution in [0.3, 0.4) is 0 Å². The minimum atomic E-state index is -4.69. The summed E-state index contributed by atoms with van der Waals surface area (Å²) >= 11 is 0. The third-order valence-electron chi connectivity index (χ3n) is 8.35. The van der Waals surface area contributed by atoms with E-state index in [0.29, 0.717) is 17.2 Å². The van der Waals surface area contributed by atoms with Crippen LogP contribution in [-0.2, 0) is 11.0 Å².